The molecule has 0 aliphatic heterocycles. The van der Waals surface area contributed by atoms with Crippen LogP contribution in [0.4, 0.5) is 0 Å². The molecule has 4 heteroatoms. The maximum atomic E-state index is 11.8. The van der Waals surface area contributed by atoms with Crippen LogP contribution in [0.2, 0.25) is 0 Å². The quantitative estimate of drug-likeness (QED) is 0.627. The van der Waals surface area contributed by atoms with E-state index in [1.165, 1.54) is 19.3 Å². The third kappa shape index (κ3) is 4.18. The van der Waals surface area contributed by atoms with Crippen LogP contribution in [0.3, 0.4) is 0 Å². The van der Waals surface area contributed by atoms with E-state index >= 15 is 0 Å². The zero-order valence-corrected chi connectivity index (χ0v) is 12.9. The molecule has 0 aromatic carbocycles. The monoisotopic (exact) mass is 269 g/mol. The SMILES string of the molecule is CCCCCN(C)CCC1CCCC1(NC)C(N)=O. The van der Waals surface area contributed by atoms with Gasteiger partial charge in [0.15, 0.2) is 0 Å². The highest BCUT2D eigenvalue weighted by molar-refractivity contribution is 5.85. The maximum Gasteiger partial charge on any atom is 0.238 e. The number of unbranched alkanes of at least 4 members (excludes halogenated alkanes) is 2. The Morgan fingerprint density at radius 2 is 2.16 bits per heavy atom. The van der Waals surface area contributed by atoms with Crippen molar-refractivity contribution in [2.75, 3.05) is 27.2 Å². The maximum absolute atomic E-state index is 11.8. The molecule has 0 spiro atoms. The van der Waals surface area contributed by atoms with Crippen LogP contribution in [0.1, 0.15) is 51.9 Å². The lowest BCUT2D eigenvalue weighted by Gasteiger charge is -2.33. The Kier molecular flexibility index (Phi) is 6.80. The average Bonchev–Trinajstić information content (AvgIpc) is 2.80. The number of carbonyl (C=O) groups excluding carboxylic acids is 1. The van der Waals surface area contributed by atoms with E-state index in [-0.39, 0.29) is 5.91 Å². The van der Waals surface area contributed by atoms with Crippen molar-refractivity contribution >= 4 is 5.91 Å². The molecule has 0 radical (unpaired) electrons. The molecule has 0 saturated heterocycles. The van der Waals surface area contributed by atoms with Crippen LogP contribution in [0, 0.1) is 5.92 Å². The summed E-state index contributed by atoms with van der Waals surface area (Å²) < 4.78 is 0. The summed E-state index contributed by atoms with van der Waals surface area (Å²) in [4.78, 5) is 14.2. The van der Waals surface area contributed by atoms with Crippen molar-refractivity contribution in [3.8, 4) is 0 Å². The lowest BCUT2D eigenvalue weighted by Crippen LogP contribution is -2.56. The van der Waals surface area contributed by atoms with Gasteiger partial charge in [-0.15, -0.1) is 0 Å². The third-order valence-electron chi connectivity index (χ3n) is 4.71. The largest absolute Gasteiger partial charge is 0.368 e. The van der Waals surface area contributed by atoms with E-state index < -0.39 is 5.54 Å². The fraction of sp³-hybridized carbons (Fsp3) is 0.933. The van der Waals surface area contributed by atoms with Gasteiger partial charge in [-0.05, 0) is 58.8 Å². The molecule has 2 unspecified atom stereocenters. The second kappa shape index (κ2) is 7.85. The predicted molar refractivity (Wildman–Crippen MR) is 80.0 cm³/mol. The minimum absolute atomic E-state index is 0.175. The first-order valence-electron chi connectivity index (χ1n) is 7.74. The molecule has 1 aliphatic rings. The molecule has 1 saturated carbocycles. The first-order valence-corrected chi connectivity index (χ1v) is 7.74. The average molecular weight is 269 g/mol. The second-order valence-corrected chi connectivity index (χ2v) is 5.97. The van der Waals surface area contributed by atoms with E-state index in [1.807, 2.05) is 7.05 Å². The fourth-order valence-electron chi connectivity index (χ4n) is 3.37. The summed E-state index contributed by atoms with van der Waals surface area (Å²) in [6.45, 7) is 4.45. The Morgan fingerprint density at radius 3 is 2.74 bits per heavy atom. The second-order valence-electron chi connectivity index (χ2n) is 5.97. The molecule has 1 amide bonds. The molecule has 1 rings (SSSR count). The van der Waals surface area contributed by atoms with Crippen molar-refractivity contribution in [3.05, 3.63) is 0 Å². The highest BCUT2D eigenvalue weighted by atomic mass is 16.1. The Balaban J connectivity index is 2.41. The number of nitrogens with zero attached hydrogens (tertiary/aromatic N) is 1. The zero-order valence-electron chi connectivity index (χ0n) is 12.9. The molecule has 0 bridgehead atoms. The highest BCUT2D eigenvalue weighted by Crippen LogP contribution is 2.37. The summed E-state index contributed by atoms with van der Waals surface area (Å²) in [7, 11) is 4.05. The third-order valence-corrected chi connectivity index (χ3v) is 4.71. The summed E-state index contributed by atoms with van der Waals surface area (Å²) in [5.41, 5.74) is 5.17. The van der Waals surface area contributed by atoms with E-state index in [4.69, 9.17) is 5.73 Å². The van der Waals surface area contributed by atoms with Gasteiger partial charge in [0.1, 0.15) is 5.54 Å². The van der Waals surface area contributed by atoms with Crippen molar-refractivity contribution in [1.82, 2.24) is 10.2 Å². The minimum Gasteiger partial charge on any atom is -0.368 e. The number of rotatable bonds is 9. The van der Waals surface area contributed by atoms with Gasteiger partial charge in [-0.3, -0.25) is 4.79 Å². The lowest BCUT2D eigenvalue weighted by atomic mass is 9.84. The van der Waals surface area contributed by atoms with Gasteiger partial charge in [-0.2, -0.15) is 0 Å². The molecule has 3 N–H and O–H groups in total. The van der Waals surface area contributed by atoms with Gasteiger partial charge in [0.05, 0.1) is 0 Å². The number of hydrogen-bond donors (Lipinski definition) is 2. The van der Waals surface area contributed by atoms with Crippen molar-refractivity contribution in [2.24, 2.45) is 11.7 Å². The van der Waals surface area contributed by atoms with Crippen LogP contribution < -0.4 is 11.1 Å². The Morgan fingerprint density at radius 1 is 1.42 bits per heavy atom. The highest BCUT2D eigenvalue weighted by Gasteiger charge is 2.46. The van der Waals surface area contributed by atoms with Crippen LogP contribution in [0.5, 0.6) is 0 Å². The van der Waals surface area contributed by atoms with Crippen LogP contribution in [-0.2, 0) is 4.79 Å². The predicted octanol–water partition coefficient (Wildman–Crippen LogP) is 1.74. The van der Waals surface area contributed by atoms with Crippen LogP contribution in [0.15, 0.2) is 0 Å². The van der Waals surface area contributed by atoms with Gasteiger partial charge in [-0.1, -0.05) is 26.2 Å². The van der Waals surface area contributed by atoms with Crippen molar-refractivity contribution < 1.29 is 4.79 Å². The molecule has 4 nitrogen and oxygen atoms in total. The number of primary amides is 1. The van der Waals surface area contributed by atoms with E-state index in [1.54, 1.807) is 0 Å². The minimum atomic E-state index is -0.454. The summed E-state index contributed by atoms with van der Waals surface area (Å²) in [5.74, 6) is 0.217. The smallest absolute Gasteiger partial charge is 0.238 e. The topological polar surface area (TPSA) is 58.4 Å². The molecule has 2 atom stereocenters. The fourth-order valence-corrected chi connectivity index (χ4v) is 3.37. The standard InChI is InChI=1S/C15H31N3O/c1-4-5-6-11-18(3)12-9-13-8-7-10-15(13,17-2)14(16)19/h13,17H,4-12H2,1-3H3,(H2,16,19). The van der Waals surface area contributed by atoms with Crippen LogP contribution in [0.25, 0.3) is 0 Å². The summed E-state index contributed by atoms with van der Waals surface area (Å²) in [5, 5.41) is 3.21. The van der Waals surface area contributed by atoms with Gasteiger partial charge in [-0.25, -0.2) is 0 Å². The number of nitrogens with one attached hydrogen (secondary N) is 1. The lowest BCUT2D eigenvalue weighted by molar-refractivity contribution is -0.125. The molecular formula is C15H31N3O. The summed E-state index contributed by atoms with van der Waals surface area (Å²) >= 11 is 0. The number of amides is 1. The number of likely N-dealkylation sites (N-methyl/N-ethyl adjacent to an activating group) is 1. The Labute approximate surface area is 118 Å². The molecule has 19 heavy (non-hydrogen) atoms. The van der Waals surface area contributed by atoms with Crippen molar-refractivity contribution in [2.45, 2.75) is 57.4 Å². The van der Waals surface area contributed by atoms with Gasteiger partial charge >= 0.3 is 0 Å². The molecule has 112 valence electrons. The summed E-state index contributed by atoms with van der Waals surface area (Å²) in [6.07, 6.45) is 8.01. The number of carbonyl (C=O) groups is 1. The number of hydrogen-bond acceptors (Lipinski definition) is 3. The van der Waals surface area contributed by atoms with Gasteiger partial charge in [0, 0.05) is 0 Å². The zero-order chi connectivity index (χ0) is 14.3. The van der Waals surface area contributed by atoms with Crippen molar-refractivity contribution in [1.29, 1.82) is 0 Å². The van der Waals surface area contributed by atoms with Crippen LogP contribution >= 0.6 is 0 Å². The number of nitrogens with two attached hydrogens (primary N) is 1. The van der Waals surface area contributed by atoms with Crippen molar-refractivity contribution in [3.63, 3.8) is 0 Å². The molecule has 1 fully saturated rings. The molecular weight excluding hydrogens is 238 g/mol. The molecule has 0 heterocycles. The first-order chi connectivity index (χ1) is 9.06. The molecule has 0 aromatic rings. The van der Waals surface area contributed by atoms with Gasteiger partial charge < -0.3 is 16.0 Å². The Bertz CT molecular complexity index is 283. The Hall–Kier alpha value is -0.610. The molecule has 1 aliphatic carbocycles. The van der Waals surface area contributed by atoms with Gasteiger partial charge in [0.2, 0.25) is 5.91 Å². The van der Waals surface area contributed by atoms with Crippen LogP contribution in [-0.4, -0.2) is 43.5 Å². The normalized spacial score (nSPS) is 27.1. The first kappa shape index (κ1) is 16.4. The van der Waals surface area contributed by atoms with E-state index in [2.05, 4.69) is 24.2 Å². The van der Waals surface area contributed by atoms with E-state index in [0.29, 0.717) is 5.92 Å². The van der Waals surface area contributed by atoms with Gasteiger partial charge in [0.25, 0.3) is 0 Å². The van der Waals surface area contributed by atoms with E-state index in [9.17, 15) is 4.79 Å². The molecule has 0 aromatic heterocycles. The van der Waals surface area contributed by atoms with E-state index in [0.717, 1.165) is 38.8 Å². The summed E-state index contributed by atoms with van der Waals surface area (Å²) in [6, 6.07) is 0.